The summed E-state index contributed by atoms with van der Waals surface area (Å²) in [5, 5.41) is 0. The average Bonchev–Trinajstić information content (AvgIpc) is 2.73. The number of ether oxygens (including phenoxy) is 2. The summed E-state index contributed by atoms with van der Waals surface area (Å²) >= 11 is 0. The zero-order valence-electron chi connectivity index (χ0n) is 17.8. The maximum Gasteiger partial charge on any atom is 0.262 e. The number of sulfonamides is 2. The molecule has 0 heterocycles. The van der Waals surface area contributed by atoms with E-state index in [0.29, 0.717) is 11.5 Å². The monoisotopic (exact) mass is 476 g/mol. The van der Waals surface area contributed by atoms with Crippen molar-refractivity contribution < 1.29 is 26.3 Å². The smallest absolute Gasteiger partial charge is 0.262 e. The fourth-order valence-electron chi connectivity index (χ4n) is 2.83. The standard InChI is InChI=1S/C22H24N2O6S2/c1-16(2)23-32(27,28)20-13-14-22(29-3)21(15-20)24-31(25,26)19-11-9-18(10-12-19)30-17-7-5-4-6-8-17/h4-16,23-24H,1-3H3. The van der Waals surface area contributed by atoms with Crippen LogP contribution in [0.1, 0.15) is 13.8 Å². The van der Waals surface area contributed by atoms with Crippen molar-refractivity contribution in [2.75, 3.05) is 11.8 Å². The maximum absolute atomic E-state index is 12.9. The van der Waals surface area contributed by atoms with E-state index in [1.807, 2.05) is 18.2 Å². The highest BCUT2D eigenvalue weighted by molar-refractivity contribution is 7.92. The zero-order valence-corrected chi connectivity index (χ0v) is 19.4. The van der Waals surface area contributed by atoms with Gasteiger partial charge < -0.3 is 9.47 Å². The van der Waals surface area contributed by atoms with Gasteiger partial charge in [-0.05, 0) is 68.4 Å². The van der Waals surface area contributed by atoms with Gasteiger partial charge in [0.2, 0.25) is 10.0 Å². The summed E-state index contributed by atoms with van der Waals surface area (Å²) in [4.78, 5) is -0.107. The minimum atomic E-state index is -4.02. The number of hydrogen-bond donors (Lipinski definition) is 2. The summed E-state index contributed by atoms with van der Waals surface area (Å²) < 4.78 is 66.5. The van der Waals surface area contributed by atoms with Gasteiger partial charge in [0.05, 0.1) is 22.6 Å². The normalized spacial score (nSPS) is 11.9. The van der Waals surface area contributed by atoms with Crippen molar-refractivity contribution in [3.8, 4) is 17.2 Å². The molecule has 32 heavy (non-hydrogen) atoms. The Bertz CT molecular complexity index is 1270. The largest absolute Gasteiger partial charge is 0.495 e. The van der Waals surface area contributed by atoms with E-state index < -0.39 is 20.0 Å². The second-order valence-electron chi connectivity index (χ2n) is 7.13. The molecule has 0 aliphatic heterocycles. The molecule has 0 spiro atoms. The molecule has 10 heteroatoms. The van der Waals surface area contributed by atoms with E-state index in [4.69, 9.17) is 9.47 Å². The Morgan fingerprint density at radius 2 is 1.34 bits per heavy atom. The average molecular weight is 477 g/mol. The van der Waals surface area contributed by atoms with Crippen LogP contribution in [0, 0.1) is 0 Å². The van der Waals surface area contributed by atoms with Crippen LogP contribution in [0.3, 0.4) is 0 Å². The molecule has 0 bridgehead atoms. The van der Waals surface area contributed by atoms with Gasteiger partial charge in [0.15, 0.2) is 0 Å². The number of methoxy groups -OCH3 is 1. The molecule has 0 saturated carbocycles. The van der Waals surface area contributed by atoms with Crippen molar-refractivity contribution in [1.82, 2.24) is 4.72 Å². The number of benzene rings is 3. The number of rotatable bonds is 9. The van der Waals surface area contributed by atoms with E-state index in [-0.39, 0.29) is 27.3 Å². The second kappa shape index (κ2) is 9.60. The topological polar surface area (TPSA) is 111 Å². The van der Waals surface area contributed by atoms with E-state index in [1.54, 1.807) is 26.0 Å². The van der Waals surface area contributed by atoms with Gasteiger partial charge in [0.1, 0.15) is 17.2 Å². The van der Waals surface area contributed by atoms with E-state index >= 15 is 0 Å². The number of nitrogens with one attached hydrogen (secondary N) is 2. The van der Waals surface area contributed by atoms with Gasteiger partial charge in [-0.25, -0.2) is 21.6 Å². The molecule has 0 atom stereocenters. The summed E-state index contributed by atoms with van der Waals surface area (Å²) in [6, 6.07) is 18.6. The molecule has 170 valence electrons. The van der Waals surface area contributed by atoms with Crippen molar-refractivity contribution in [1.29, 1.82) is 0 Å². The summed E-state index contributed by atoms with van der Waals surface area (Å²) in [6.45, 7) is 3.38. The van der Waals surface area contributed by atoms with Crippen LogP contribution < -0.4 is 18.9 Å². The lowest BCUT2D eigenvalue weighted by Crippen LogP contribution is -2.30. The molecule has 0 radical (unpaired) electrons. The quantitative estimate of drug-likeness (QED) is 0.483. The molecule has 2 N–H and O–H groups in total. The van der Waals surface area contributed by atoms with Crippen LogP contribution in [0.2, 0.25) is 0 Å². The summed E-state index contributed by atoms with van der Waals surface area (Å²) in [5.41, 5.74) is 0.00347. The van der Waals surface area contributed by atoms with Crippen LogP contribution in [-0.4, -0.2) is 30.0 Å². The van der Waals surface area contributed by atoms with Crippen LogP contribution in [0.15, 0.2) is 82.6 Å². The first kappa shape index (κ1) is 23.6. The number of para-hydroxylation sites is 1. The van der Waals surface area contributed by atoms with Gasteiger partial charge in [-0.1, -0.05) is 18.2 Å². The Balaban J connectivity index is 1.86. The predicted molar refractivity (Wildman–Crippen MR) is 122 cm³/mol. The highest BCUT2D eigenvalue weighted by Crippen LogP contribution is 2.30. The Morgan fingerprint density at radius 3 is 1.94 bits per heavy atom. The van der Waals surface area contributed by atoms with Crippen molar-refractivity contribution in [3.05, 3.63) is 72.8 Å². The molecule has 0 aliphatic carbocycles. The van der Waals surface area contributed by atoms with Crippen LogP contribution in [0.25, 0.3) is 0 Å². The number of anilines is 1. The SMILES string of the molecule is COc1ccc(S(=O)(=O)NC(C)C)cc1NS(=O)(=O)c1ccc(Oc2ccccc2)cc1. The zero-order chi connectivity index (χ0) is 23.4. The van der Waals surface area contributed by atoms with Gasteiger partial charge >= 0.3 is 0 Å². The Labute approximate surface area is 188 Å². The van der Waals surface area contributed by atoms with Crippen LogP contribution in [0.4, 0.5) is 5.69 Å². The molecular weight excluding hydrogens is 452 g/mol. The van der Waals surface area contributed by atoms with E-state index in [9.17, 15) is 16.8 Å². The molecule has 0 aromatic heterocycles. The fourth-order valence-corrected chi connectivity index (χ4v) is 5.17. The first-order valence-electron chi connectivity index (χ1n) is 9.67. The molecule has 3 aromatic rings. The summed E-state index contributed by atoms with van der Waals surface area (Å²) in [6.07, 6.45) is 0. The second-order valence-corrected chi connectivity index (χ2v) is 10.5. The Hall–Kier alpha value is -3.08. The molecule has 0 saturated heterocycles. The fraction of sp³-hybridized carbons (Fsp3) is 0.182. The van der Waals surface area contributed by atoms with Gasteiger partial charge in [-0.2, -0.15) is 0 Å². The Morgan fingerprint density at radius 1 is 0.750 bits per heavy atom. The van der Waals surface area contributed by atoms with Gasteiger partial charge in [0.25, 0.3) is 10.0 Å². The highest BCUT2D eigenvalue weighted by Gasteiger charge is 2.21. The highest BCUT2D eigenvalue weighted by atomic mass is 32.2. The minimum Gasteiger partial charge on any atom is -0.495 e. The number of hydrogen-bond acceptors (Lipinski definition) is 6. The molecule has 0 amide bonds. The molecule has 0 fully saturated rings. The van der Waals surface area contributed by atoms with E-state index in [2.05, 4.69) is 9.44 Å². The molecule has 8 nitrogen and oxygen atoms in total. The first-order chi connectivity index (χ1) is 15.1. The molecule has 3 aromatic carbocycles. The first-order valence-corrected chi connectivity index (χ1v) is 12.6. The van der Waals surface area contributed by atoms with E-state index in [1.165, 1.54) is 49.6 Å². The predicted octanol–water partition coefficient (Wildman–Crippen LogP) is 3.98. The maximum atomic E-state index is 12.9. The summed E-state index contributed by atoms with van der Waals surface area (Å²) in [5.74, 6) is 1.28. The molecule has 0 unspecified atom stereocenters. The van der Waals surface area contributed by atoms with Gasteiger partial charge in [0, 0.05) is 6.04 Å². The van der Waals surface area contributed by atoms with Crippen molar-refractivity contribution in [2.24, 2.45) is 0 Å². The molecular formula is C22H24N2O6S2. The van der Waals surface area contributed by atoms with Gasteiger partial charge in [-0.3, -0.25) is 4.72 Å². The Kier molecular flexibility index (Phi) is 7.07. The van der Waals surface area contributed by atoms with E-state index in [0.717, 1.165) is 0 Å². The third-order valence-electron chi connectivity index (χ3n) is 4.23. The molecule has 3 rings (SSSR count). The van der Waals surface area contributed by atoms with Crippen LogP contribution in [-0.2, 0) is 20.0 Å². The third-order valence-corrected chi connectivity index (χ3v) is 7.27. The van der Waals surface area contributed by atoms with Crippen LogP contribution >= 0.6 is 0 Å². The lowest BCUT2D eigenvalue weighted by molar-refractivity contribution is 0.416. The third kappa shape index (κ3) is 5.78. The molecule has 0 aliphatic rings. The lowest BCUT2D eigenvalue weighted by Gasteiger charge is -2.15. The minimum absolute atomic E-state index is 0.00347. The lowest BCUT2D eigenvalue weighted by atomic mass is 10.3. The van der Waals surface area contributed by atoms with Crippen molar-refractivity contribution >= 4 is 25.7 Å². The van der Waals surface area contributed by atoms with Crippen molar-refractivity contribution in [3.63, 3.8) is 0 Å². The van der Waals surface area contributed by atoms with Gasteiger partial charge in [-0.15, -0.1) is 0 Å². The summed E-state index contributed by atoms with van der Waals surface area (Å²) in [7, 11) is -6.48. The van der Waals surface area contributed by atoms with Crippen LogP contribution in [0.5, 0.6) is 17.2 Å². The van der Waals surface area contributed by atoms with Crippen molar-refractivity contribution in [2.45, 2.75) is 29.7 Å².